The monoisotopic (exact) mass is 360 g/mol. The first-order valence-electron chi connectivity index (χ1n) is 7.60. The van der Waals surface area contributed by atoms with Crippen molar-refractivity contribution in [2.75, 3.05) is 5.32 Å². The molecule has 0 aliphatic carbocycles. The van der Waals surface area contributed by atoms with Crippen LogP contribution < -0.4 is 10.0 Å². The van der Waals surface area contributed by atoms with Crippen molar-refractivity contribution in [1.29, 1.82) is 0 Å². The zero-order valence-corrected chi connectivity index (χ0v) is 13.9. The van der Waals surface area contributed by atoms with Crippen LogP contribution in [0.2, 0.25) is 0 Å². The van der Waals surface area contributed by atoms with Gasteiger partial charge in [-0.15, -0.1) is 0 Å². The Labute approximate surface area is 144 Å². The Morgan fingerprint density at radius 3 is 2.52 bits per heavy atom. The lowest BCUT2D eigenvalue weighted by Crippen LogP contribution is -2.34. The van der Waals surface area contributed by atoms with E-state index in [2.05, 4.69) is 10.0 Å². The Kier molecular flexibility index (Phi) is 4.56. The lowest BCUT2D eigenvalue weighted by atomic mass is 10.0. The van der Waals surface area contributed by atoms with Gasteiger partial charge in [0.2, 0.25) is 15.9 Å². The predicted octanol–water partition coefficient (Wildman–Crippen LogP) is 1.68. The molecule has 1 amide bonds. The highest BCUT2D eigenvalue weighted by molar-refractivity contribution is 7.89. The molecule has 0 spiro atoms. The van der Waals surface area contributed by atoms with Gasteiger partial charge in [-0.2, -0.15) is 4.72 Å². The minimum Gasteiger partial charge on any atom is -0.480 e. The average molecular weight is 360 g/mol. The summed E-state index contributed by atoms with van der Waals surface area (Å²) < 4.78 is 27.4. The summed E-state index contributed by atoms with van der Waals surface area (Å²) in [6.45, 7) is 0. The minimum absolute atomic E-state index is 0.0374. The average Bonchev–Trinajstić information content (AvgIpc) is 2.59. The second-order valence-corrected chi connectivity index (χ2v) is 7.38. The highest BCUT2D eigenvalue weighted by atomic mass is 32.2. The van der Waals surface area contributed by atoms with E-state index in [0.29, 0.717) is 23.2 Å². The molecule has 1 atom stereocenters. The molecule has 0 radical (unpaired) electrons. The van der Waals surface area contributed by atoms with Gasteiger partial charge in [0.1, 0.15) is 6.04 Å². The van der Waals surface area contributed by atoms with Gasteiger partial charge in [-0.1, -0.05) is 30.3 Å². The third kappa shape index (κ3) is 3.70. The Balaban J connectivity index is 1.91. The van der Waals surface area contributed by atoms with Gasteiger partial charge in [0.25, 0.3) is 0 Å². The number of nitrogens with one attached hydrogen (secondary N) is 2. The molecule has 1 heterocycles. The summed E-state index contributed by atoms with van der Waals surface area (Å²) in [6, 6.07) is 11.0. The molecule has 130 valence electrons. The Hall–Kier alpha value is -2.71. The number of rotatable bonds is 5. The first-order valence-corrected chi connectivity index (χ1v) is 9.08. The molecule has 3 N–H and O–H groups in total. The van der Waals surface area contributed by atoms with Gasteiger partial charge in [-0.05, 0) is 35.7 Å². The third-order valence-electron chi connectivity index (χ3n) is 3.94. The van der Waals surface area contributed by atoms with Crippen LogP contribution in [0.3, 0.4) is 0 Å². The van der Waals surface area contributed by atoms with Gasteiger partial charge in [0.05, 0.1) is 4.90 Å². The highest BCUT2D eigenvalue weighted by Crippen LogP contribution is 2.26. The van der Waals surface area contributed by atoms with Crippen LogP contribution in [-0.4, -0.2) is 25.4 Å². The largest absolute Gasteiger partial charge is 0.480 e. The number of hydrogen-bond donors (Lipinski definition) is 3. The second kappa shape index (κ2) is 6.66. The van der Waals surface area contributed by atoms with Gasteiger partial charge in [0, 0.05) is 12.1 Å². The quantitative estimate of drug-likeness (QED) is 0.751. The molecule has 3 rings (SSSR count). The van der Waals surface area contributed by atoms with E-state index in [0.717, 1.165) is 0 Å². The number of anilines is 1. The summed E-state index contributed by atoms with van der Waals surface area (Å²) in [4.78, 5) is 22.8. The van der Waals surface area contributed by atoms with Gasteiger partial charge in [-0.3, -0.25) is 9.59 Å². The predicted molar refractivity (Wildman–Crippen MR) is 90.5 cm³/mol. The van der Waals surface area contributed by atoms with E-state index in [-0.39, 0.29) is 17.2 Å². The summed E-state index contributed by atoms with van der Waals surface area (Å²) >= 11 is 0. The van der Waals surface area contributed by atoms with E-state index in [9.17, 15) is 23.1 Å². The molecule has 8 heteroatoms. The maximum absolute atomic E-state index is 12.6. The molecule has 1 aliphatic heterocycles. The Bertz CT molecular complexity index is 925. The van der Waals surface area contributed by atoms with E-state index < -0.39 is 22.0 Å². The second-order valence-electron chi connectivity index (χ2n) is 5.67. The van der Waals surface area contributed by atoms with E-state index in [1.165, 1.54) is 18.2 Å². The number of carbonyl (C=O) groups excluding carboxylic acids is 1. The summed E-state index contributed by atoms with van der Waals surface area (Å²) in [5.41, 5.74) is 1.62. The fourth-order valence-electron chi connectivity index (χ4n) is 2.66. The number of fused-ring (bicyclic) bond motifs is 1. The lowest BCUT2D eigenvalue weighted by molar-refractivity contribution is -0.139. The molecular weight excluding hydrogens is 344 g/mol. The summed E-state index contributed by atoms with van der Waals surface area (Å²) in [5.74, 6) is -1.41. The molecule has 1 aliphatic rings. The fourth-order valence-corrected chi connectivity index (χ4v) is 3.88. The number of carboxylic acid groups (broad SMARTS) is 1. The molecule has 0 unspecified atom stereocenters. The van der Waals surface area contributed by atoms with Crippen LogP contribution >= 0.6 is 0 Å². The molecule has 0 saturated heterocycles. The lowest BCUT2D eigenvalue weighted by Gasteiger charge is -2.19. The maximum atomic E-state index is 12.6. The number of hydrogen-bond acceptors (Lipinski definition) is 4. The number of aryl methyl sites for hydroxylation is 1. The van der Waals surface area contributed by atoms with Gasteiger partial charge in [-0.25, -0.2) is 8.42 Å². The van der Waals surface area contributed by atoms with Crippen molar-refractivity contribution in [3.8, 4) is 0 Å². The standard InChI is InChI=1S/C17H16N2O5S/c20-15-9-6-12-10-13(7-8-14(12)18-15)25(23,24)19-16(17(21)22)11-4-2-1-3-5-11/h1-5,7-8,10,16,19H,6,9H2,(H,18,20)(H,21,22)/t16-/m0/s1. The Morgan fingerprint density at radius 1 is 1.12 bits per heavy atom. The van der Waals surface area contributed by atoms with E-state index >= 15 is 0 Å². The molecule has 25 heavy (non-hydrogen) atoms. The zero-order chi connectivity index (χ0) is 18.0. The fraction of sp³-hybridized carbons (Fsp3) is 0.176. The zero-order valence-electron chi connectivity index (χ0n) is 13.1. The minimum atomic E-state index is -4.04. The van der Waals surface area contributed by atoms with Crippen LogP contribution in [0.4, 0.5) is 5.69 Å². The van der Waals surface area contributed by atoms with Crippen LogP contribution in [0.1, 0.15) is 23.6 Å². The topological polar surface area (TPSA) is 113 Å². The molecule has 0 bridgehead atoms. The number of amides is 1. The number of benzene rings is 2. The van der Waals surface area contributed by atoms with Gasteiger partial charge in [0.15, 0.2) is 0 Å². The van der Waals surface area contributed by atoms with Crippen LogP contribution in [0, 0.1) is 0 Å². The summed E-state index contributed by atoms with van der Waals surface area (Å²) in [7, 11) is -4.04. The highest BCUT2D eigenvalue weighted by Gasteiger charge is 2.27. The van der Waals surface area contributed by atoms with Crippen LogP contribution in [0.5, 0.6) is 0 Å². The first kappa shape index (κ1) is 17.1. The molecule has 7 nitrogen and oxygen atoms in total. The molecule has 2 aromatic carbocycles. The van der Waals surface area contributed by atoms with Crippen LogP contribution in [0.15, 0.2) is 53.4 Å². The van der Waals surface area contributed by atoms with Crippen LogP contribution in [-0.2, 0) is 26.0 Å². The smallest absolute Gasteiger partial charge is 0.326 e. The van der Waals surface area contributed by atoms with Crippen molar-refractivity contribution in [3.63, 3.8) is 0 Å². The summed E-state index contributed by atoms with van der Waals surface area (Å²) in [6.07, 6.45) is 0.720. The van der Waals surface area contributed by atoms with Crippen molar-refractivity contribution >= 4 is 27.6 Å². The molecular formula is C17H16N2O5S. The van der Waals surface area contributed by atoms with Crippen molar-refractivity contribution in [1.82, 2.24) is 4.72 Å². The normalized spacial score (nSPS) is 15.1. The molecule has 0 fully saturated rings. The van der Waals surface area contributed by atoms with Crippen molar-refractivity contribution in [2.24, 2.45) is 0 Å². The number of sulfonamides is 1. The third-order valence-corrected chi connectivity index (χ3v) is 5.36. The summed E-state index contributed by atoms with van der Waals surface area (Å²) in [5, 5.41) is 12.1. The number of carbonyl (C=O) groups is 2. The first-order chi connectivity index (χ1) is 11.9. The van der Waals surface area contributed by atoms with Crippen LogP contribution in [0.25, 0.3) is 0 Å². The van der Waals surface area contributed by atoms with Gasteiger partial charge < -0.3 is 10.4 Å². The number of carboxylic acids is 1. The Morgan fingerprint density at radius 2 is 1.84 bits per heavy atom. The van der Waals surface area contributed by atoms with E-state index in [1.807, 2.05) is 0 Å². The van der Waals surface area contributed by atoms with Crippen molar-refractivity contribution in [2.45, 2.75) is 23.8 Å². The van der Waals surface area contributed by atoms with Crippen molar-refractivity contribution in [3.05, 3.63) is 59.7 Å². The van der Waals surface area contributed by atoms with E-state index in [4.69, 9.17) is 0 Å². The SMILES string of the molecule is O=C1CCc2cc(S(=O)(=O)N[C@H](C(=O)O)c3ccccc3)ccc2N1. The molecule has 0 aromatic heterocycles. The van der Waals surface area contributed by atoms with Crippen molar-refractivity contribution < 1.29 is 23.1 Å². The van der Waals surface area contributed by atoms with Gasteiger partial charge >= 0.3 is 5.97 Å². The number of aliphatic carboxylic acids is 1. The molecule has 0 saturated carbocycles. The van der Waals surface area contributed by atoms with E-state index in [1.54, 1.807) is 30.3 Å². The molecule has 2 aromatic rings. The maximum Gasteiger partial charge on any atom is 0.326 e.